The second-order valence-corrected chi connectivity index (χ2v) is 5.90. The number of hydrogen-bond acceptors (Lipinski definition) is 3. The van der Waals surface area contributed by atoms with E-state index in [9.17, 15) is 4.79 Å². The van der Waals surface area contributed by atoms with Gasteiger partial charge in [-0.05, 0) is 30.0 Å². The lowest BCUT2D eigenvalue weighted by Crippen LogP contribution is -2.31. The van der Waals surface area contributed by atoms with Gasteiger partial charge in [0.1, 0.15) is 0 Å². The summed E-state index contributed by atoms with van der Waals surface area (Å²) in [5, 5.41) is 0. The number of carbonyl (C=O) groups is 1. The van der Waals surface area contributed by atoms with Crippen molar-refractivity contribution >= 4 is 24.0 Å². The Kier molecular flexibility index (Phi) is 6.99. The molecule has 1 aliphatic heterocycles. The molecule has 1 saturated heterocycles. The number of nitrogens with zero attached hydrogens (tertiary/aromatic N) is 1. The number of ether oxygens (including phenoxy) is 1. The van der Waals surface area contributed by atoms with E-state index in [1.54, 1.807) is 0 Å². The Hall–Kier alpha value is -1.26. The van der Waals surface area contributed by atoms with Gasteiger partial charge in [0.05, 0.1) is 12.5 Å². The predicted octanol–water partition coefficient (Wildman–Crippen LogP) is 2.51. The monoisotopic (exact) mass is 312 g/mol. The van der Waals surface area contributed by atoms with Crippen LogP contribution in [-0.4, -0.2) is 36.6 Å². The molecule has 1 unspecified atom stereocenters. The van der Waals surface area contributed by atoms with Crippen LogP contribution in [0.3, 0.4) is 0 Å². The van der Waals surface area contributed by atoms with Crippen molar-refractivity contribution in [2.75, 3.05) is 25.4 Å². The minimum absolute atomic E-state index is 0. The number of carbonyl (C=O) groups excluding carboxylic acids is 1. The summed E-state index contributed by atoms with van der Waals surface area (Å²) in [7, 11) is 0. The van der Waals surface area contributed by atoms with Crippen LogP contribution in [-0.2, 0) is 16.0 Å². The molecule has 2 N–H and O–H groups in total. The standard InChI is InChI=1S/C16H24N2O2.ClH/c1-12(2)11-20-15-7-8-18(10-15)16(19)9-13-3-5-14(17)6-4-13;/h3-6,12,15H,7-11,17H2,1-2H3;1H. The van der Waals surface area contributed by atoms with Gasteiger partial charge < -0.3 is 15.4 Å². The van der Waals surface area contributed by atoms with Crippen LogP contribution >= 0.6 is 12.4 Å². The van der Waals surface area contributed by atoms with E-state index in [0.29, 0.717) is 12.3 Å². The van der Waals surface area contributed by atoms with Gasteiger partial charge in [-0.2, -0.15) is 0 Å². The van der Waals surface area contributed by atoms with E-state index in [1.807, 2.05) is 29.2 Å². The summed E-state index contributed by atoms with van der Waals surface area (Å²) in [4.78, 5) is 14.1. The van der Waals surface area contributed by atoms with E-state index in [-0.39, 0.29) is 24.4 Å². The van der Waals surface area contributed by atoms with Gasteiger partial charge in [0.25, 0.3) is 0 Å². The lowest BCUT2D eigenvalue weighted by atomic mass is 10.1. The lowest BCUT2D eigenvalue weighted by Gasteiger charge is -2.17. The Bertz CT molecular complexity index is 448. The number of benzene rings is 1. The van der Waals surface area contributed by atoms with Crippen LogP contribution in [0.5, 0.6) is 0 Å². The maximum atomic E-state index is 12.2. The van der Waals surface area contributed by atoms with Gasteiger partial charge in [0.2, 0.25) is 5.91 Å². The molecule has 21 heavy (non-hydrogen) atoms. The van der Waals surface area contributed by atoms with Crippen molar-refractivity contribution in [2.45, 2.75) is 32.8 Å². The second kappa shape index (κ2) is 8.25. The van der Waals surface area contributed by atoms with E-state index >= 15 is 0 Å². The zero-order valence-corrected chi connectivity index (χ0v) is 13.6. The Balaban J connectivity index is 0.00000220. The number of rotatable bonds is 5. The van der Waals surface area contributed by atoms with Crippen molar-refractivity contribution in [1.29, 1.82) is 0 Å². The molecular weight excluding hydrogens is 288 g/mol. The van der Waals surface area contributed by atoms with Crippen LogP contribution in [0.15, 0.2) is 24.3 Å². The van der Waals surface area contributed by atoms with E-state index in [0.717, 1.165) is 37.4 Å². The molecule has 1 aromatic rings. The molecule has 2 rings (SSSR count). The molecule has 0 spiro atoms. The summed E-state index contributed by atoms with van der Waals surface area (Å²) in [5.74, 6) is 0.708. The molecule has 1 aliphatic rings. The third-order valence-electron chi connectivity index (χ3n) is 3.50. The number of halogens is 1. The van der Waals surface area contributed by atoms with Crippen LogP contribution in [0.4, 0.5) is 5.69 Å². The molecule has 1 fully saturated rings. The normalized spacial score (nSPS) is 17.9. The Morgan fingerprint density at radius 2 is 2.05 bits per heavy atom. The molecule has 1 atom stereocenters. The fourth-order valence-corrected chi connectivity index (χ4v) is 2.34. The summed E-state index contributed by atoms with van der Waals surface area (Å²) >= 11 is 0. The molecule has 5 heteroatoms. The highest BCUT2D eigenvalue weighted by Crippen LogP contribution is 2.16. The number of amides is 1. The molecule has 0 radical (unpaired) electrons. The van der Waals surface area contributed by atoms with E-state index in [2.05, 4.69) is 13.8 Å². The van der Waals surface area contributed by atoms with Gasteiger partial charge in [-0.1, -0.05) is 26.0 Å². The molecule has 1 amide bonds. The van der Waals surface area contributed by atoms with E-state index < -0.39 is 0 Å². The first kappa shape index (κ1) is 17.8. The first-order valence-corrected chi connectivity index (χ1v) is 7.28. The molecule has 118 valence electrons. The predicted molar refractivity (Wildman–Crippen MR) is 87.6 cm³/mol. The van der Waals surface area contributed by atoms with Crippen molar-refractivity contribution in [3.63, 3.8) is 0 Å². The van der Waals surface area contributed by atoms with Crippen molar-refractivity contribution in [2.24, 2.45) is 5.92 Å². The Morgan fingerprint density at radius 3 is 2.67 bits per heavy atom. The fourth-order valence-electron chi connectivity index (χ4n) is 2.34. The molecule has 4 nitrogen and oxygen atoms in total. The number of nitrogen functional groups attached to an aromatic ring is 1. The van der Waals surface area contributed by atoms with Crippen LogP contribution in [0, 0.1) is 5.92 Å². The molecule has 1 heterocycles. The van der Waals surface area contributed by atoms with Gasteiger partial charge in [0.15, 0.2) is 0 Å². The van der Waals surface area contributed by atoms with Crippen LogP contribution in [0.25, 0.3) is 0 Å². The largest absolute Gasteiger partial charge is 0.399 e. The molecule has 0 aromatic heterocycles. The van der Waals surface area contributed by atoms with E-state index in [4.69, 9.17) is 10.5 Å². The first-order chi connectivity index (χ1) is 9.54. The quantitative estimate of drug-likeness (QED) is 0.850. The second-order valence-electron chi connectivity index (χ2n) is 5.90. The molecule has 0 aliphatic carbocycles. The molecule has 0 saturated carbocycles. The van der Waals surface area contributed by atoms with Gasteiger partial charge in [-0.3, -0.25) is 4.79 Å². The Morgan fingerprint density at radius 1 is 1.38 bits per heavy atom. The number of anilines is 1. The average Bonchev–Trinajstić information content (AvgIpc) is 2.88. The third-order valence-corrected chi connectivity index (χ3v) is 3.50. The smallest absolute Gasteiger partial charge is 0.227 e. The lowest BCUT2D eigenvalue weighted by molar-refractivity contribution is -0.130. The number of hydrogen-bond donors (Lipinski definition) is 1. The van der Waals surface area contributed by atoms with Crippen LogP contribution in [0.2, 0.25) is 0 Å². The SMILES string of the molecule is CC(C)COC1CCN(C(=O)Cc2ccc(N)cc2)C1.Cl. The topological polar surface area (TPSA) is 55.6 Å². The minimum atomic E-state index is 0. The summed E-state index contributed by atoms with van der Waals surface area (Å²) in [6, 6.07) is 7.49. The summed E-state index contributed by atoms with van der Waals surface area (Å²) < 4.78 is 5.80. The average molecular weight is 313 g/mol. The van der Waals surface area contributed by atoms with Crippen LogP contribution in [0.1, 0.15) is 25.8 Å². The summed E-state index contributed by atoms with van der Waals surface area (Å²) in [5.41, 5.74) is 7.38. The molecule has 0 bridgehead atoms. The Labute approximate surface area is 133 Å². The van der Waals surface area contributed by atoms with Gasteiger partial charge in [0, 0.05) is 25.4 Å². The zero-order chi connectivity index (χ0) is 14.5. The van der Waals surface area contributed by atoms with Gasteiger partial charge in [-0.25, -0.2) is 0 Å². The van der Waals surface area contributed by atoms with Crippen molar-refractivity contribution < 1.29 is 9.53 Å². The maximum Gasteiger partial charge on any atom is 0.227 e. The number of likely N-dealkylation sites (tertiary alicyclic amines) is 1. The zero-order valence-electron chi connectivity index (χ0n) is 12.7. The van der Waals surface area contributed by atoms with Gasteiger partial charge in [-0.15, -0.1) is 12.4 Å². The molecule has 1 aromatic carbocycles. The highest BCUT2D eigenvalue weighted by molar-refractivity contribution is 5.85. The third kappa shape index (κ3) is 5.56. The molecular formula is C16H25ClN2O2. The van der Waals surface area contributed by atoms with Crippen LogP contribution < -0.4 is 5.73 Å². The van der Waals surface area contributed by atoms with Crippen molar-refractivity contribution in [1.82, 2.24) is 4.90 Å². The van der Waals surface area contributed by atoms with Gasteiger partial charge >= 0.3 is 0 Å². The maximum absolute atomic E-state index is 12.2. The van der Waals surface area contributed by atoms with E-state index in [1.165, 1.54) is 0 Å². The number of nitrogens with two attached hydrogens (primary N) is 1. The summed E-state index contributed by atoms with van der Waals surface area (Å²) in [6.45, 7) is 6.57. The van der Waals surface area contributed by atoms with Crippen molar-refractivity contribution in [3.05, 3.63) is 29.8 Å². The van der Waals surface area contributed by atoms with Crippen molar-refractivity contribution in [3.8, 4) is 0 Å². The highest BCUT2D eigenvalue weighted by Gasteiger charge is 2.26. The first-order valence-electron chi connectivity index (χ1n) is 7.28. The summed E-state index contributed by atoms with van der Waals surface area (Å²) in [6.07, 6.45) is 1.59. The minimum Gasteiger partial charge on any atom is -0.399 e. The highest BCUT2D eigenvalue weighted by atomic mass is 35.5. The fraction of sp³-hybridized carbons (Fsp3) is 0.562.